The molecule has 0 aliphatic carbocycles. The van der Waals surface area contributed by atoms with E-state index < -0.39 is 5.91 Å². The van der Waals surface area contributed by atoms with Gasteiger partial charge in [0.1, 0.15) is 0 Å². The summed E-state index contributed by atoms with van der Waals surface area (Å²) in [6, 6.07) is 7.91. The Labute approximate surface area is 89.2 Å². The average Bonchev–Trinajstić information content (AvgIpc) is 2.29. The van der Waals surface area contributed by atoms with Gasteiger partial charge in [0.25, 0.3) is 5.91 Å². The molecule has 0 atom stereocenters. The van der Waals surface area contributed by atoms with E-state index >= 15 is 0 Å². The Hall–Kier alpha value is -2.59. The molecule has 0 saturated carbocycles. The highest BCUT2D eigenvalue weighted by Crippen LogP contribution is 2.07. The van der Waals surface area contributed by atoms with E-state index in [1.165, 1.54) is 0 Å². The Bertz CT molecular complexity index is 668. The molecule has 0 fully saturated rings. The van der Waals surface area contributed by atoms with Crippen molar-refractivity contribution in [2.45, 2.75) is 0 Å². The molecule has 6 nitrogen and oxygen atoms in total. The first-order valence-corrected chi connectivity index (χ1v) is 4.44. The predicted octanol–water partition coefficient (Wildman–Crippen LogP) is 1.98. The molecule has 1 aromatic heterocycles. The predicted molar refractivity (Wildman–Crippen MR) is 58.0 cm³/mol. The van der Waals surface area contributed by atoms with Crippen molar-refractivity contribution in [3.63, 3.8) is 0 Å². The van der Waals surface area contributed by atoms with Gasteiger partial charge in [-0.15, -0.1) is 0 Å². The van der Waals surface area contributed by atoms with Crippen LogP contribution in [0, 0.1) is 0 Å². The van der Waals surface area contributed by atoms with Crippen LogP contribution in [0.1, 0.15) is 10.5 Å². The number of nitrogens with zero attached hydrogens (tertiary/aromatic N) is 3. The lowest BCUT2D eigenvalue weighted by molar-refractivity contribution is 0.0996. The molecular formula is C10H6N4O2. The van der Waals surface area contributed by atoms with Crippen LogP contribution in [0.15, 0.2) is 40.2 Å². The lowest BCUT2D eigenvalue weighted by Gasteiger charge is -1.99. The summed E-state index contributed by atoms with van der Waals surface area (Å²) in [4.78, 5) is 28.0. The number of pyridine rings is 1. The molecule has 0 bridgehead atoms. The molecule has 1 amide bonds. The summed E-state index contributed by atoms with van der Waals surface area (Å²) in [5.41, 5.74) is 8.36. The highest BCUT2D eigenvalue weighted by Gasteiger charge is 2.06. The normalized spacial score (nSPS) is 9.75. The number of carbonyl (C=O) groups excluding carboxylic acids is 1. The number of para-hydroxylation sites is 1. The number of rotatable bonds is 1. The number of azide groups is 1. The number of carbonyl (C=O) groups is 1. The van der Waals surface area contributed by atoms with Crippen LogP contribution in [0.25, 0.3) is 21.3 Å². The van der Waals surface area contributed by atoms with Gasteiger partial charge in [-0.05, 0) is 22.8 Å². The maximum Gasteiger partial charge on any atom is 0.265 e. The van der Waals surface area contributed by atoms with Crippen LogP contribution in [0.2, 0.25) is 0 Å². The van der Waals surface area contributed by atoms with E-state index in [0.29, 0.717) is 10.9 Å². The Kier molecular flexibility index (Phi) is 2.41. The fourth-order valence-corrected chi connectivity index (χ4v) is 1.41. The van der Waals surface area contributed by atoms with Gasteiger partial charge >= 0.3 is 0 Å². The third kappa shape index (κ3) is 1.65. The molecule has 0 saturated heterocycles. The lowest BCUT2D eigenvalue weighted by atomic mass is 10.2. The fraction of sp³-hybridized carbons (Fsp3) is 0. The smallest absolute Gasteiger partial charge is 0.265 e. The first kappa shape index (κ1) is 9.95. The van der Waals surface area contributed by atoms with Gasteiger partial charge in [0.05, 0.1) is 5.69 Å². The highest BCUT2D eigenvalue weighted by atomic mass is 16.2. The van der Waals surface area contributed by atoms with Gasteiger partial charge in [-0.1, -0.05) is 12.1 Å². The van der Waals surface area contributed by atoms with Crippen LogP contribution in [0.5, 0.6) is 0 Å². The van der Waals surface area contributed by atoms with Crippen LogP contribution in [-0.2, 0) is 0 Å². The lowest BCUT2D eigenvalue weighted by Crippen LogP contribution is -2.08. The summed E-state index contributed by atoms with van der Waals surface area (Å²) in [7, 11) is 0. The van der Waals surface area contributed by atoms with Gasteiger partial charge in [-0.3, -0.25) is 9.59 Å². The summed E-state index contributed by atoms with van der Waals surface area (Å²) in [5.74, 6) is -0.801. The van der Waals surface area contributed by atoms with Crippen molar-refractivity contribution in [1.29, 1.82) is 0 Å². The number of hydrogen-bond donors (Lipinski definition) is 1. The molecule has 0 radical (unpaired) electrons. The van der Waals surface area contributed by atoms with Crippen LogP contribution in [0.3, 0.4) is 0 Å². The molecule has 6 heteroatoms. The number of amides is 1. The molecule has 0 unspecified atom stereocenters. The number of aromatic amines is 1. The van der Waals surface area contributed by atoms with Crippen molar-refractivity contribution in [2.24, 2.45) is 5.11 Å². The molecule has 0 spiro atoms. The minimum atomic E-state index is -0.801. The molecule has 2 rings (SSSR count). The maximum atomic E-state index is 11.6. The van der Waals surface area contributed by atoms with Crippen molar-refractivity contribution in [1.82, 2.24) is 4.98 Å². The van der Waals surface area contributed by atoms with Crippen molar-refractivity contribution < 1.29 is 4.79 Å². The van der Waals surface area contributed by atoms with E-state index in [9.17, 15) is 9.59 Å². The number of fused-ring (bicyclic) bond motifs is 1. The van der Waals surface area contributed by atoms with E-state index in [1.807, 2.05) is 0 Å². The zero-order valence-electron chi connectivity index (χ0n) is 8.04. The summed E-state index contributed by atoms with van der Waals surface area (Å²) in [6.45, 7) is 0. The monoisotopic (exact) mass is 214 g/mol. The van der Waals surface area contributed by atoms with Gasteiger partial charge in [0.2, 0.25) is 0 Å². The standard InChI is InChI=1S/C10H6N4O2/c11-14-13-10(16)8-5-9(15)6-3-1-2-4-7(6)12-8/h1-5H,(H,12,15). The van der Waals surface area contributed by atoms with Crippen LogP contribution in [-0.4, -0.2) is 10.9 Å². The van der Waals surface area contributed by atoms with E-state index in [1.54, 1.807) is 24.3 Å². The van der Waals surface area contributed by atoms with E-state index in [0.717, 1.165) is 6.07 Å². The van der Waals surface area contributed by atoms with Crippen molar-refractivity contribution in [3.05, 3.63) is 56.7 Å². The number of benzene rings is 1. The summed E-state index contributed by atoms with van der Waals surface area (Å²) in [5, 5.41) is 3.40. The van der Waals surface area contributed by atoms with Gasteiger partial charge < -0.3 is 4.98 Å². The third-order valence-corrected chi connectivity index (χ3v) is 2.10. The van der Waals surface area contributed by atoms with Crippen molar-refractivity contribution in [2.75, 3.05) is 0 Å². The molecule has 16 heavy (non-hydrogen) atoms. The first-order valence-electron chi connectivity index (χ1n) is 4.44. The number of nitrogens with one attached hydrogen (secondary N) is 1. The summed E-state index contributed by atoms with van der Waals surface area (Å²) >= 11 is 0. The van der Waals surface area contributed by atoms with Crippen LogP contribution < -0.4 is 5.43 Å². The molecule has 2 aromatic rings. The minimum Gasteiger partial charge on any atom is -0.352 e. The van der Waals surface area contributed by atoms with Gasteiger partial charge in [0, 0.05) is 21.9 Å². The minimum absolute atomic E-state index is 0.0125. The molecule has 78 valence electrons. The SMILES string of the molecule is [N-]=[N+]=NC(=O)c1cc(=O)c2ccccc2[nH]1. The third-order valence-electron chi connectivity index (χ3n) is 2.10. The second kappa shape index (κ2) is 3.88. The first-order chi connectivity index (χ1) is 7.72. The molecule has 1 aromatic carbocycles. The Balaban J connectivity index is 2.71. The summed E-state index contributed by atoms with van der Waals surface area (Å²) < 4.78 is 0. The maximum absolute atomic E-state index is 11.6. The Morgan fingerprint density at radius 1 is 1.38 bits per heavy atom. The van der Waals surface area contributed by atoms with E-state index in [4.69, 9.17) is 5.53 Å². The second-order valence-electron chi connectivity index (χ2n) is 3.09. The van der Waals surface area contributed by atoms with Crippen LogP contribution in [0.4, 0.5) is 0 Å². The number of hydrogen-bond acceptors (Lipinski definition) is 2. The van der Waals surface area contributed by atoms with Gasteiger partial charge in [-0.25, -0.2) is 0 Å². The van der Waals surface area contributed by atoms with Crippen molar-refractivity contribution >= 4 is 16.8 Å². The van der Waals surface area contributed by atoms with E-state index in [2.05, 4.69) is 15.0 Å². The molecule has 1 N–H and O–H groups in total. The molecular weight excluding hydrogens is 208 g/mol. The molecule has 0 aliphatic heterocycles. The second-order valence-corrected chi connectivity index (χ2v) is 3.09. The molecule has 1 heterocycles. The fourth-order valence-electron chi connectivity index (χ4n) is 1.41. The number of H-pyrrole nitrogens is 1. The number of aromatic nitrogens is 1. The quantitative estimate of drug-likeness (QED) is 0.446. The average molecular weight is 214 g/mol. The highest BCUT2D eigenvalue weighted by molar-refractivity contribution is 5.95. The van der Waals surface area contributed by atoms with Gasteiger partial charge in [-0.2, -0.15) is 0 Å². The zero-order chi connectivity index (χ0) is 11.5. The Morgan fingerprint density at radius 2 is 2.12 bits per heavy atom. The summed E-state index contributed by atoms with van der Waals surface area (Å²) in [6.07, 6.45) is 0. The largest absolute Gasteiger partial charge is 0.352 e. The topological polar surface area (TPSA) is 98.7 Å². The zero-order valence-corrected chi connectivity index (χ0v) is 8.04. The van der Waals surface area contributed by atoms with Gasteiger partial charge in [0.15, 0.2) is 5.43 Å². The van der Waals surface area contributed by atoms with Crippen LogP contribution >= 0.6 is 0 Å². The Morgan fingerprint density at radius 3 is 2.88 bits per heavy atom. The molecule has 0 aliphatic rings. The van der Waals surface area contributed by atoms with Crippen molar-refractivity contribution in [3.8, 4) is 0 Å². The van der Waals surface area contributed by atoms with E-state index in [-0.39, 0.29) is 11.1 Å².